The first-order valence-electron chi connectivity index (χ1n) is 8.08. The largest absolute Gasteiger partial charge is 0.370 e. The van der Waals surface area contributed by atoms with E-state index in [1.165, 1.54) is 11.3 Å². The Labute approximate surface area is 136 Å². The standard InChI is InChI=1S/C19H21N3O/c1-14-3-5-16(6-4-14)18-9-17(7-8-20-18)22-12-19(13-22)10-21(11-19)15(2)23/h3-9H,10-13H2,1-2H3. The summed E-state index contributed by atoms with van der Waals surface area (Å²) >= 11 is 0. The molecule has 0 unspecified atom stereocenters. The van der Waals surface area contributed by atoms with Crippen LogP contribution in [0.1, 0.15) is 12.5 Å². The third-order valence-electron chi connectivity index (χ3n) is 5.01. The molecule has 1 aromatic carbocycles. The Balaban J connectivity index is 1.46. The zero-order valence-electron chi connectivity index (χ0n) is 13.6. The molecule has 1 amide bonds. The number of carbonyl (C=O) groups is 1. The number of hydrogen-bond acceptors (Lipinski definition) is 3. The summed E-state index contributed by atoms with van der Waals surface area (Å²) < 4.78 is 0. The van der Waals surface area contributed by atoms with Crippen LogP contribution in [0, 0.1) is 12.3 Å². The van der Waals surface area contributed by atoms with Gasteiger partial charge in [-0.1, -0.05) is 29.8 Å². The maximum Gasteiger partial charge on any atom is 0.219 e. The number of aryl methyl sites for hydroxylation is 1. The van der Waals surface area contributed by atoms with Gasteiger partial charge in [-0.2, -0.15) is 0 Å². The summed E-state index contributed by atoms with van der Waals surface area (Å²) in [5, 5.41) is 0. The molecule has 23 heavy (non-hydrogen) atoms. The van der Waals surface area contributed by atoms with E-state index < -0.39 is 0 Å². The zero-order chi connectivity index (χ0) is 16.0. The molecule has 4 nitrogen and oxygen atoms in total. The second-order valence-corrected chi connectivity index (χ2v) is 7.00. The van der Waals surface area contributed by atoms with Crippen molar-refractivity contribution < 1.29 is 4.79 Å². The summed E-state index contributed by atoms with van der Waals surface area (Å²) in [5.41, 5.74) is 4.98. The van der Waals surface area contributed by atoms with Gasteiger partial charge < -0.3 is 9.80 Å². The van der Waals surface area contributed by atoms with Crippen LogP contribution in [0.4, 0.5) is 5.69 Å². The number of nitrogens with zero attached hydrogens (tertiary/aromatic N) is 3. The van der Waals surface area contributed by atoms with Crippen molar-refractivity contribution in [3.8, 4) is 11.3 Å². The lowest BCUT2D eigenvalue weighted by Crippen LogP contribution is -2.72. The molecule has 0 bridgehead atoms. The highest BCUT2D eigenvalue weighted by Crippen LogP contribution is 2.42. The van der Waals surface area contributed by atoms with Crippen LogP contribution in [0.25, 0.3) is 11.3 Å². The highest BCUT2D eigenvalue weighted by Gasteiger charge is 2.52. The van der Waals surface area contributed by atoms with E-state index in [9.17, 15) is 4.79 Å². The van der Waals surface area contributed by atoms with Gasteiger partial charge in [-0.3, -0.25) is 9.78 Å². The third kappa shape index (κ3) is 2.48. The van der Waals surface area contributed by atoms with E-state index in [0.717, 1.165) is 37.4 Å². The van der Waals surface area contributed by atoms with Crippen molar-refractivity contribution >= 4 is 11.6 Å². The van der Waals surface area contributed by atoms with Crippen LogP contribution in [-0.2, 0) is 4.79 Å². The monoisotopic (exact) mass is 307 g/mol. The second kappa shape index (κ2) is 5.08. The van der Waals surface area contributed by atoms with Gasteiger partial charge in [0.2, 0.25) is 5.91 Å². The zero-order valence-corrected chi connectivity index (χ0v) is 13.6. The minimum Gasteiger partial charge on any atom is -0.370 e. The van der Waals surface area contributed by atoms with Gasteiger partial charge in [-0.25, -0.2) is 0 Å². The summed E-state index contributed by atoms with van der Waals surface area (Å²) in [5.74, 6) is 0.194. The number of rotatable bonds is 2. The van der Waals surface area contributed by atoms with Crippen molar-refractivity contribution in [3.05, 3.63) is 48.2 Å². The normalized spacial score (nSPS) is 18.5. The summed E-state index contributed by atoms with van der Waals surface area (Å²) in [6.45, 7) is 7.64. The molecule has 0 N–H and O–H groups in total. The van der Waals surface area contributed by atoms with Gasteiger partial charge in [0.15, 0.2) is 0 Å². The van der Waals surface area contributed by atoms with Crippen LogP contribution in [0.5, 0.6) is 0 Å². The van der Waals surface area contributed by atoms with Crippen molar-refractivity contribution in [2.45, 2.75) is 13.8 Å². The Bertz CT molecular complexity index is 739. The molecular weight excluding hydrogens is 286 g/mol. The van der Waals surface area contributed by atoms with E-state index >= 15 is 0 Å². The smallest absolute Gasteiger partial charge is 0.219 e. The molecule has 4 heteroatoms. The van der Waals surface area contributed by atoms with Gasteiger partial charge in [-0.05, 0) is 19.1 Å². The lowest BCUT2D eigenvalue weighted by Gasteiger charge is -2.60. The molecule has 0 saturated carbocycles. The van der Waals surface area contributed by atoms with Crippen LogP contribution in [0.2, 0.25) is 0 Å². The number of carbonyl (C=O) groups excluding carboxylic acids is 1. The number of amides is 1. The van der Waals surface area contributed by atoms with Crippen LogP contribution in [-0.4, -0.2) is 42.0 Å². The number of pyridine rings is 1. The molecule has 2 fully saturated rings. The van der Waals surface area contributed by atoms with E-state index in [2.05, 4.69) is 53.2 Å². The summed E-state index contributed by atoms with van der Waals surface area (Å²) in [6.07, 6.45) is 1.89. The van der Waals surface area contributed by atoms with Crippen molar-refractivity contribution in [3.63, 3.8) is 0 Å². The first kappa shape index (κ1) is 14.2. The summed E-state index contributed by atoms with van der Waals surface area (Å²) in [4.78, 5) is 20.2. The minimum absolute atomic E-state index is 0.194. The number of aromatic nitrogens is 1. The van der Waals surface area contributed by atoms with Crippen LogP contribution >= 0.6 is 0 Å². The number of hydrogen-bond donors (Lipinski definition) is 0. The van der Waals surface area contributed by atoms with Crippen molar-refractivity contribution in [1.29, 1.82) is 0 Å². The van der Waals surface area contributed by atoms with Gasteiger partial charge >= 0.3 is 0 Å². The first-order valence-corrected chi connectivity index (χ1v) is 8.08. The molecule has 1 spiro atoms. The van der Waals surface area contributed by atoms with Crippen molar-refractivity contribution in [2.75, 3.05) is 31.1 Å². The Hall–Kier alpha value is -2.36. The molecule has 2 saturated heterocycles. The van der Waals surface area contributed by atoms with Gasteiger partial charge in [-0.15, -0.1) is 0 Å². The fourth-order valence-electron chi connectivity index (χ4n) is 3.63. The molecule has 2 aliphatic rings. The summed E-state index contributed by atoms with van der Waals surface area (Å²) in [6, 6.07) is 12.7. The predicted octanol–water partition coefficient (Wildman–Crippen LogP) is 2.73. The Morgan fingerprint density at radius 2 is 1.78 bits per heavy atom. The lowest BCUT2D eigenvalue weighted by atomic mass is 9.72. The quantitative estimate of drug-likeness (QED) is 0.856. The molecule has 0 radical (unpaired) electrons. The number of likely N-dealkylation sites (tertiary alicyclic amines) is 1. The fraction of sp³-hybridized carbons (Fsp3) is 0.368. The topological polar surface area (TPSA) is 36.4 Å². The molecular formula is C19H21N3O. The van der Waals surface area contributed by atoms with E-state index in [4.69, 9.17) is 0 Å². The molecule has 0 aliphatic carbocycles. The summed E-state index contributed by atoms with van der Waals surface area (Å²) in [7, 11) is 0. The maximum absolute atomic E-state index is 11.3. The van der Waals surface area contributed by atoms with Crippen LogP contribution < -0.4 is 4.90 Å². The number of anilines is 1. The van der Waals surface area contributed by atoms with E-state index in [1.807, 2.05) is 11.1 Å². The Morgan fingerprint density at radius 1 is 1.09 bits per heavy atom. The fourth-order valence-corrected chi connectivity index (χ4v) is 3.63. The second-order valence-electron chi connectivity index (χ2n) is 7.00. The molecule has 2 aromatic rings. The average molecular weight is 307 g/mol. The lowest BCUT2D eigenvalue weighted by molar-refractivity contribution is -0.142. The minimum atomic E-state index is 0.194. The van der Waals surface area contributed by atoms with Crippen molar-refractivity contribution in [2.24, 2.45) is 5.41 Å². The maximum atomic E-state index is 11.3. The van der Waals surface area contributed by atoms with Gasteiger partial charge in [0.05, 0.1) is 5.69 Å². The van der Waals surface area contributed by atoms with Crippen LogP contribution in [0.15, 0.2) is 42.6 Å². The predicted molar refractivity (Wildman–Crippen MR) is 91.3 cm³/mol. The van der Waals surface area contributed by atoms with Gasteiger partial charge in [0.25, 0.3) is 0 Å². The Morgan fingerprint density at radius 3 is 2.43 bits per heavy atom. The highest BCUT2D eigenvalue weighted by molar-refractivity contribution is 5.75. The third-order valence-corrected chi connectivity index (χ3v) is 5.01. The number of benzene rings is 1. The van der Waals surface area contributed by atoms with E-state index in [-0.39, 0.29) is 5.91 Å². The molecule has 0 atom stereocenters. The molecule has 4 rings (SSSR count). The van der Waals surface area contributed by atoms with Gasteiger partial charge in [0.1, 0.15) is 0 Å². The average Bonchev–Trinajstić information content (AvgIpc) is 2.45. The molecule has 3 heterocycles. The Kier molecular flexibility index (Phi) is 3.15. The van der Waals surface area contributed by atoms with E-state index in [1.54, 1.807) is 6.92 Å². The first-order chi connectivity index (χ1) is 11.0. The van der Waals surface area contributed by atoms with Crippen molar-refractivity contribution in [1.82, 2.24) is 9.88 Å². The van der Waals surface area contributed by atoms with Gasteiger partial charge in [0, 0.05) is 56.0 Å². The molecule has 2 aliphatic heterocycles. The van der Waals surface area contributed by atoms with E-state index in [0.29, 0.717) is 5.41 Å². The SMILES string of the molecule is CC(=O)N1CC2(C1)CN(c1ccnc(-c3ccc(C)cc3)c1)C2. The molecule has 118 valence electrons. The molecule has 1 aromatic heterocycles. The van der Waals surface area contributed by atoms with Crippen LogP contribution in [0.3, 0.4) is 0 Å². The highest BCUT2D eigenvalue weighted by atomic mass is 16.2.